The zero-order chi connectivity index (χ0) is 21.5. The first-order valence-electron chi connectivity index (χ1n) is 9.28. The van der Waals surface area contributed by atoms with Gasteiger partial charge in [-0.25, -0.2) is 19.3 Å². The van der Waals surface area contributed by atoms with Crippen LogP contribution in [0.15, 0.2) is 30.7 Å². The van der Waals surface area contributed by atoms with Crippen LogP contribution in [0.3, 0.4) is 0 Å². The molecule has 158 valence electrons. The maximum atomic E-state index is 14.6. The third-order valence-electron chi connectivity index (χ3n) is 5.03. The lowest BCUT2D eigenvalue weighted by Gasteiger charge is -2.25. The van der Waals surface area contributed by atoms with Gasteiger partial charge in [-0.3, -0.25) is 4.79 Å². The summed E-state index contributed by atoms with van der Waals surface area (Å²) in [5, 5.41) is 2.65. The monoisotopic (exact) mass is 422 g/mol. The average Bonchev–Trinajstić information content (AvgIpc) is 3.33. The Morgan fingerprint density at radius 3 is 2.87 bits per heavy atom. The van der Waals surface area contributed by atoms with Crippen LogP contribution in [0.2, 0.25) is 0 Å². The molecular formula is C19H18F4N6O. The number of anilines is 1. The standard InChI is InChI=1S/C19H18F4N6O/c1-28-8-5-12-11(4-6-24-16(12)28)15-25-9-13(20)17(27-15)29-7-2-3-14(29)18(30)26-10-19(21,22)23/h4-6,8-9,14H,2-3,7,10H2,1H3,(H,26,30)/t14-/m1/s1. The summed E-state index contributed by atoms with van der Waals surface area (Å²) >= 11 is 0. The molecule has 1 aliphatic rings. The highest BCUT2D eigenvalue weighted by Gasteiger charge is 2.36. The predicted octanol–water partition coefficient (Wildman–Crippen LogP) is 2.82. The number of hydrogen-bond donors (Lipinski definition) is 1. The SMILES string of the molecule is Cn1ccc2c(-c3ncc(F)c(N4CCC[C@@H]4C(=O)NCC(F)(F)F)n3)ccnc21. The molecule has 30 heavy (non-hydrogen) atoms. The van der Waals surface area contributed by atoms with E-state index in [1.165, 1.54) is 4.90 Å². The third kappa shape index (κ3) is 3.79. The van der Waals surface area contributed by atoms with Crippen molar-refractivity contribution in [2.45, 2.75) is 25.1 Å². The fourth-order valence-corrected chi connectivity index (χ4v) is 3.65. The minimum absolute atomic E-state index is 0.106. The molecule has 0 saturated carbocycles. The van der Waals surface area contributed by atoms with Crippen molar-refractivity contribution in [2.75, 3.05) is 18.0 Å². The number of fused-ring (bicyclic) bond motifs is 1. The Morgan fingerprint density at radius 2 is 2.10 bits per heavy atom. The van der Waals surface area contributed by atoms with Crippen molar-refractivity contribution in [1.29, 1.82) is 0 Å². The van der Waals surface area contributed by atoms with E-state index in [2.05, 4.69) is 15.0 Å². The van der Waals surface area contributed by atoms with Crippen LogP contribution in [0.25, 0.3) is 22.4 Å². The molecule has 1 atom stereocenters. The molecule has 1 N–H and O–H groups in total. The Balaban J connectivity index is 1.67. The van der Waals surface area contributed by atoms with E-state index in [-0.39, 0.29) is 11.6 Å². The van der Waals surface area contributed by atoms with Crippen molar-refractivity contribution in [3.8, 4) is 11.4 Å². The van der Waals surface area contributed by atoms with Crippen molar-refractivity contribution < 1.29 is 22.4 Å². The number of carbonyl (C=O) groups is 1. The van der Waals surface area contributed by atoms with Crippen LogP contribution >= 0.6 is 0 Å². The van der Waals surface area contributed by atoms with Crippen molar-refractivity contribution in [2.24, 2.45) is 7.05 Å². The topological polar surface area (TPSA) is 75.9 Å². The molecule has 0 unspecified atom stereocenters. The summed E-state index contributed by atoms with van der Waals surface area (Å²) in [4.78, 5) is 26.4. The molecule has 4 heterocycles. The number of aryl methyl sites for hydroxylation is 1. The van der Waals surface area contributed by atoms with Crippen LogP contribution in [0, 0.1) is 5.82 Å². The fourth-order valence-electron chi connectivity index (χ4n) is 3.65. The van der Waals surface area contributed by atoms with Gasteiger partial charge in [0.1, 0.15) is 18.2 Å². The number of halogens is 4. The van der Waals surface area contributed by atoms with Crippen molar-refractivity contribution >= 4 is 22.8 Å². The normalized spacial score (nSPS) is 17.0. The quantitative estimate of drug-likeness (QED) is 0.655. The van der Waals surface area contributed by atoms with Gasteiger partial charge in [-0.2, -0.15) is 13.2 Å². The first-order valence-corrected chi connectivity index (χ1v) is 9.28. The average molecular weight is 422 g/mol. The summed E-state index contributed by atoms with van der Waals surface area (Å²) in [6.45, 7) is -1.13. The molecule has 1 fully saturated rings. The molecule has 0 spiro atoms. The molecular weight excluding hydrogens is 404 g/mol. The van der Waals surface area contributed by atoms with Gasteiger partial charge >= 0.3 is 6.18 Å². The van der Waals surface area contributed by atoms with Crippen molar-refractivity contribution in [3.05, 3.63) is 36.5 Å². The van der Waals surface area contributed by atoms with E-state index in [0.29, 0.717) is 30.6 Å². The molecule has 1 amide bonds. The molecule has 1 aliphatic heterocycles. The number of aromatic nitrogens is 4. The second-order valence-corrected chi connectivity index (χ2v) is 7.07. The Labute approximate surface area is 168 Å². The van der Waals surface area contributed by atoms with E-state index in [4.69, 9.17) is 0 Å². The minimum atomic E-state index is -4.52. The van der Waals surface area contributed by atoms with Crippen molar-refractivity contribution in [3.63, 3.8) is 0 Å². The zero-order valence-corrected chi connectivity index (χ0v) is 15.9. The van der Waals surface area contributed by atoms with Gasteiger partial charge in [-0.1, -0.05) is 0 Å². The summed E-state index contributed by atoms with van der Waals surface area (Å²) in [5.41, 5.74) is 1.34. The van der Waals surface area contributed by atoms with Crippen molar-refractivity contribution in [1.82, 2.24) is 24.8 Å². The summed E-state index contributed by atoms with van der Waals surface area (Å²) < 4.78 is 53.7. The lowest BCUT2D eigenvalue weighted by molar-refractivity contribution is -0.139. The number of alkyl halides is 3. The van der Waals surface area contributed by atoms with Gasteiger partial charge in [0.05, 0.1) is 6.20 Å². The van der Waals surface area contributed by atoms with Crippen LogP contribution in [0.4, 0.5) is 23.4 Å². The van der Waals surface area contributed by atoms with E-state index >= 15 is 0 Å². The molecule has 11 heteroatoms. The Morgan fingerprint density at radius 1 is 1.30 bits per heavy atom. The highest BCUT2D eigenvalue weighted by Crippen LogP contribution is 2.30. The molecule has 0 radical (unpaired) electrons. The zero-order valence-electron chi connectivity index (χ0n) is 15.9. The number of nitrogens with zero attached hydrogens (tertiary/aromatic N) is 5. The maximum absolute atomic E-state index is 14.6. The molecule has 0 aliphatic carbocycles. The lowest BCUT2D eigenvalue weighted by atomic mass is 10.1. The number of amides is 1. The van der Waals surface area contributed by atoms with E-state index in [0.717, 1.165) is 11.6 Å². The summed E-state index contributed by atoms with van der Waals surface area (Å²) in [6.07, 6.45) is 0.743. The molecule has 0 bridgehead atoms. The van der Waals surface area contributed by atoms with Gasteiger partial charge < -0.3 is 14.8 Å². The van der Waals surface area contributed by atoms with Gasteiger partial charge in [0, 0.05) is 36.9 Å². The molecule has 3 aromatic heterocycles. The number of nitrogens with one attached hydrogen (secondary N) is 1. The van der Waals surface area contributed by atoms with Crippen LogP contribution in [0.1, 0.15) is 12.8 Å². The van der Waals surface area contributed by atoms with Crippen LogP contribution in [-0.2, 0) is 11.8 Å². The molecule has 7 nitrogen and oxygen atoms in total. The highest BCUT2D eigenvalue weighted by atomic mass is 19.4. The van der Waals surface area contributed by atoms with Gasteiger partial charge in [0.2, 0.25) is 5.91 Å². The van der Waals surface area contributed by atoms with E-state index in [9.17, 15) is 22.4 Å². The maximum Gasteiger partial charge on any atom is 0.405 e. The van der Waals surface area contributed by atoms with Gasteiger partial charge in [0.15, 0.2) is 17.5 Å². The Hall–Kier alpha value is -3.24. The van der Waals surface area contributed by atoms with Gasteiger partial charge in [0.25, 0.3) is 0 Å². The van der Waals surface area contributed by atoms with Gasteiger partial charge in [-0.15, -0.1) is 0 Å². The summed E-state index contributed by atoms with van der Waals surface area (Å²) in [5.74, 6) is -1.41. The third-order valence-corrected chi connectivity index (χ3v) is 5.03. The Bertz CT molecular complexity index is 1100. The minimum Gasteiger partial charge on any atom is -0.345 e. The highest BCUT2D eigenvalue weighted by molar-refractivity contribution is 5.91. The lowest BCUT2D eigenvalue weighted by Crippen LogP contribution is -2.46. The first kappa shape index (κ1) is 20.0. The predicted molar refractivity (Wildman–Crippen MR) is 101 cm³/mol. The first-order chi connectivity index (χ1) is 14.2. The smallest absolute Gasteiger partial charge is 0.345 e. The number of hydrogen-bond acceptors (Lipinski definition) is 5. The van der Waals surface area contributed by atoms with E-state index in [1.807, 2.05) is 29.2 Å². The summed E-state index contributed by atoms with van der Waals surface area (Å²) in [6, 6.07) is 2.61. The molecule has 3 aromatic rings. The van der Waals surface area contributed by atoms with E-state index in [1.54, 1.807) is 12.3 Å². The number of rotatable bonds is 4. The number of pyridine rings is 1. The second kappa shape index (κ2) is 7.54. The van der Waals surface area contributed by atoms with Crippen LogP contribution < -0.4 is 10.2 Å². The van der Waals surface area contributed by atoms with Crippen LogP contribution in [-0.4, -0.2) is 50.7 Å². The Kier molecular flexibility index (Phi) is 5.04. The second-order valence-electron chi connectivity index (χ2n) is 7.07. The number of carbonyl (C=O) groups excluding carboxylic acids is 1. The fraction of sp³-hybridized carbons (Fsp3) is 0.368. The van der Waals surface area contributed by atoms with Gasteiger partial charge in [-0.05, 0) is 25.0 Å². The molecule has 4 rings (SSSR count). The molecule has 0 aromatic carbocycles. The summed E-state index contributed by atoms with van der Waals surface area (Å²) in [7, 11) is 1.84. The van der Waals surface area contributed by atoms with E-state index < -0.39 is 30.5 Å². The largest absolute Gasteiger partial charge is 0.405 e. The molecule has 1 saturated heterocycles. The van der Waals surface area contributed by atoms with Crippen LogP contribution in [0.5, 0.6) is 0 Å².